The van der Waals surface area contributed by atoms with Gasteiger partial charge < -0.3 is 40.0 Å². The van der Waals surface area contributed by atoms with Crippen molar-refractivity contribution < 1.29 is 28.8 Å². The van der Waals surface area contributed by atoms with Crippen LogP contribution < -0.4 is 34.9 Å². The number of benzene rings is 2. The van der Waals surface area contributed by atoms with E-state index in [4.69, 9.17) is 24.7 Å². The Kier molecular flexibility index (Phi) is 9.36. The minimum absolute atomic E-state index is 0.0447. The standard InChI is InChI=1S/C29H37N5O6/c1-37-22-10-8-19(24(13-22)39-3)15-34(16-20-9-11-23(38-2)14-25(20)40-4)28-26(30)27(31-17-32-28)33-21-7-5-6-18(12-21)29(35)36/h8-11,13-14,17-18,21H,5-7,12,15-16,30H2,1-4H3,(H,35,36)(H,31,32,33). The predicted molar refractivity (Wildman–Crippen MR) is 152 cm³/mol. The number of methoxy groups -OCH3 is 4. The van der Waals surface area contributed by atoms with Gasteiger partial charge >= 0.3 is 5.97 Å². The highest BCUT2D eigenvalue weighted by Gasteiger charge is 2.28. The number of rotatable bonds is 12. The van der Waals surface area contributed by atoms with Crippen LogP contribution in [0.5, 0.6) is 23.0 Å². The number of carboxylic acid groups (broad SMARTS) is 1. The molecule has 0 radical (unpaired) electrons. The van der Waals surface area contributed by atoms with E-state index in [1.807, 2.05) is 41.3 Å². The third-order valence-corrected chi connectivity index (χ3v) is 7.24. The zero-order valence-electron chi connectivity index (χ0n) is 23.3. The van der Waals surface area contributed by atoms with Gasteiger partial charge in [-0.3, -0.25) is 4.79 Å². The minimum Gasteiger partial charge on any atom is -0.497 e. The number of ether oxygens (including phenoxy) is 4. The second-order valence-electron chi connectivity index (χ2n) is 9.71. The molecule has 2 atom stereocenters. The summed E-state index contributed by atoms with van der Waals surface area (Å²) in [6.45, 7) is 0.820. The van der Waals surface area contributed by atoms with Crippen LogP contribution in [0.2, 0.25) is 0 Å². The Balaban J connectivity index is 1.70. The van der Waals surface area contributed by atoms with Crippen molar-refractivity contribution in [2.45, 2.75) is 44.8 Å². The number of aromatic nitrogens is 2. The summed E-state index contributed by atoms with van der Waals surface area (Å²) < 4.78 is 22.1. The van der Waals surface area contributed by atoms with E-state index < -0.39 is 5.97 Å². The van der Waals surface area contributed by atoms with Crippen molar-refractivity contribution >= 4 is 23.3 Å². The first kappa shape index (κ1) is 28.6. The van der Waals surface area contributed by atoms with Crippen molar-refractivity contribution in [3.63, 3.8) is 0 Å². The van der Waals surface area contributed by atoms with Gasteiger partial charge in [-0.2, -0.15) is 0 Å². The zero-order chi connectivity index (χ0) is 28.6. The molecule has 4 rings (SSSR count). The van der Waals surface area contributed by atoms with Crippen molar-refractivity contribution in [1.29, 1.82) is 0 Å². The third-order valence-electron chi connectivity index (χ3n) is 7.24. The summed E-state index contributed by atoms with van der Waals surface area (Å²) in [5.41, 5.74) is 8.87. The fourth-order valence-corrected chi connectivity index (χ4v) is 5.07. The summed E-state index contributed by atoms with van der Waals surface area (Å²) in [5.74, 6) is 2.56. The molecule has 1 fully saturated rings. The molecule has 40 heavy (non-hydrogen) atoms. The molecule has 0 saturated heterocycles. The molecule has 214 valence electrons. The average Bonchev–Trinajstić information content (AvgIpc) is 2.98. The van der Waals surface area contributed by atoms with Gasteiger partial charge in [0.15, 0.2) is 11.6 Å². The number of nitrogens with two attached hydrogens (primary N) is 1. The minimum atomic E-state index is -0.768. The molecule has 0 spiro atoms. The molecule has 0 bridgehead atoms. The van der Waals surface area contributed by atoms with Gasteiger partial charge in [-0.25, -0.2) is 9.97 Å². The molecule has 2 aromatic carbocycles. The Morgan fingerprint density at radius 1 is 0.950 bits per heavy atom. The van der Waals surface area contributed by atoms with E-state index in [0.717, 1.165) is 24.0 Å². The fourth-order valence-electron chi connectivity index (χ4n) is 5.07. The summed E-state index contributed by atoms with van der Waals surface area (Å²) in [4.78, 5) is 22.6. The van der Waals surface area contributed by atoms with E-state index >= 15 is 0 Å². The molecule has 11 nitrogen and oxygen atoms in total. The van der Waals surface area contributed by atoms with E-state index in [1.54, 1.807) is 28.4 Å². The number of nitrogen functional groups attached to an aromatic ring is 1. The molecule has 1 aliphatic rings. The van der Waals surface area contributed by atoms with Crippen molar-refractivity contribution in [2.24, 2.45) is 5.92 Å². The maximum absolute atomic E-state index is 11.6. The summed E-state index contributed by atoms with van der Waals surface area (Å²) in [7, 11) is 6.45. The van der Waals surface area contributed by atoms with Crippen LogP contribution in [0.15, 0.2) is 42.7 Å². The highest BCUT2D eigenvalue weighted by molar-refractivity contribution is 5.76. The molecule has 2 unspecified atom stereocenters. The first-order valence-electron chi connectivity index (χ1n) is 13.1. The lowest BCUT2D eigenvalue weighted by Gasteiger charge is -2.30. The number of carbonyl (C=O) groups is 1. The average molecular weight is 552 g/mol. The van der Waals surface area contributed by atoms with Crippen LogP contribution in [-0.2, 0) is 17.9 Å². The lowest BCUT2D eigenvalue weighted by Crippen LogP contribution is -2.32. The van der Waals surface area contributed by atoms with E-state index in [-0.39, 0.29) is 12.0 Å². The lowest BCUT2D eigenvalue weighted by atomic mass is 9.86. The molecule has 1 aliphatic carbocycles. The summed E-state index contributed by atoms with van der Waals surface area (Å²) in [5, 5.41) is 12.9. The van der Waals surface area contributed by atoms with Gasteiger partial charge in [-0.15, -0.1) is 0 Å². The van der Waals surface area contributed by atoms with Gasteiger partial charge in [0.25, 0.3) is 0 Å². The number of aliphatic carboxylic acids is 1. The van der Waals surface area contributed by atoms with Crippen molar-refractivity contribution in [3.05, 3.63) is 53.9 Å². The van der Waals surface area contributed by atoms with Crippen LogP contribution >= 0.6 is 0 Å². The smallest absolute Gasteiger partial charge is 0.306 e. The van der Waals surface area contributed by atoms with Gasteiger partial charge in [-0.05, 0) is 43.5 Å². The maximum Gasteiger partial charge on any atom is 0.306 e. The Hall–Kier alpha value is -4.41. The molecule has 0 aliphatic heterocycles. The van der Waals surface area contributed by atoms with Crippen LogP contribution in [-0.4, -0.2) is 55.5 Å². The maximum atomic E-state index is 11.6. The number of carboxylic acids is 1. The van der Waals surface area contributed by atoms with Gasteiger partial charge in [0.05, 0.1) is 34.4 Å². The molecule has 1 heterocycles. The molecular weight excluding hydrogens is 514 g/mol. The molecule has 11 heteroatoms. The van der Waals surface area contributed by atoms with E-state index in [1.165, 1.54) is 6.33 Å². The second kappa shape index (κ2) is 13.1. The van der Waals surface area contributed by atoms with Crippen molar-refractivity contribution in [1.82, 2.24) is 9.97 Å². The lowest BCUT2D eigenvalue weighted by molar-refractivity contribution is -0.142. The molecule has 0 amide bonds. The highest BCUT2D eigenvalue weighted by Crippen LogP contribution is 2.35. The Morgan fingerprint density at radius 3 is 2.08 bits per heavy atom. The normalized spacial score (nSPS) is 16.6. The first-order valence-corrected chi connectivity index (χ1v) is 13.1. The first-order chi connectivity index (χ1) is 19.4. The van der Waals surface area contributed by atoms with Gasteiger partial charge in [-0.1, -0.05) is 6.42 Å². The molecule has 4 N–H and O–H groups in total. The van der Waals surface area contributed by atoms with Crippen LogP contribution in [0, 0.1) is 5.92 Å². The number of hydrogen-bond acceptors (Lipinski definition) is 10. The largest absolute Gasteiger partial charge is 0.497 e. The second-order valence-corrected chi connectivity index (χ2v) is 9.71. The Labute approximate surface area is 234 Å². The topological polar surface area (TPSA) is 141 Å². The third kappa shape index (κ3) is 6.59. The Bertz CT molecular complexity index is 1260. The fraction of sp³-hybridized carbons (Fsp3) is 0.414. The highest BCUT2D eigenvalue weighted by atomic mass is 16.5. The molecule has 3 aromatic rings. The number of nitrogens with one attached hydrogen (secondary N) is 1. The van der Waals surface area contributed by atoms with Crippen LogP contribution in [0.3, 0.4) is 0 Å². The number of hydrogen-bond donors (Lipinski definition) is 3. The molecular formula is C29H37N5O6. The van der Waals surface area contributed by atoms with Gasteiger partial charge in [0.1, 0.15) is 35.0 Å². The van der Waals surface area contributed by atoms with Gasteiger partial charge in [0, 0.05) is 42.4 Å². The van der Waals surface area contributed by atoms with Crippen molar-refractivity contribution in [3.8, 4) is 23.0 Å². The Morgan fingerprint density at radius 2 is 1.55 bits per heavy atom. The van der Waals surface area contributed by atoms with Crippen LogP contribution in [0.25, 0.3) is 0 Å². The van der Waals surface area contributed by atoms with Gasteiger partial charge in [0.2, 0.25) is 0 Å². The van der Waals surface area contributed by atoms with E-state index in [9.17, 15) is 9.90 Å². The number of nitrogens with zero attached hydrogens (tertiary/aromatic N) is 3. The van der Waals surface area contributed by atoms with Crippen LogP contribution in [0.4, 0.5) is 17.3 Å². The summed E-state index contributed by atoms with van der Waals surface area (Å²) in [6.07, 6.45) is 4.34. The van der Waals surface area contributed by atoms with E-state index in [0.29, 0.717) is 66.3 Å². The quantitative estimate of drug-likeness (QED) is 0.296. The molecule has 1 saturated carbocycles. The summed E-state index contributed by atoms with van der Waals surface area (Å²) in [6, 6.07) is 11.3. The number of anilines is 3. The summed E-state index contributed by atoms with van der Waals surface area (Å²) >= 11 is 0. The SMILES string of the molecule is COc1ccc(CN(Cc2ccc(OC)cc2OC)c2ncnc(NC3CCCC(C(=O)O)C3)c2N)c(OC)c1. The van der Waals surface area contributed by atoms with Crippen LogP contribution in [0.1, 0.15) is 36.8 Å². The van der Waals surface area contributed by atoms with Crippen molar-refractivity contribution in [2.75, 3.05) is 44.4 Å². The predicted octanol–water partition coefficient (Wildman–Crippen LogP) is 4.36. The zero-order valence-corrected chi connectivity index (χ0v) is 23.3. The monoisotopic (exact) mass is 551 g/mol. The molecule has 1 aromatic heterocycles. The van der Waals surface area contributed by atoms with E-state index in [2.05, 4.69) is 15.3 Å².